The molecule has 33 heavy (non-hydrogen) atoms. The highest BCUT2D eigenvalue weighted by molar-refractivity contribution is 7.14. The van der Waals surface area contributed by atoms with Crippen LogP contribution >= 0.6 is 11.3 Å². The van der Waals surface area contributed by atoms with Gasteiger partial charge in [-0.3, -0.25) is 14.6 Å². The van der Waals surface area contributed by atoms with E-state index in [1.807, 2.05) is 57.3 Å². The topological polar surface area (TPSA) is 66.0 Å². The third-order valence-electron chi connectivity index (χ3n) is 5.56. The number of likely N-dealkylation sites (tertiary alicyclic amines) is 1. The average Bonchev–Trinajstić information content (AvgIpc) is 3.16. The molecule has 0 spiro atoms. The molecule has 2 heterocycles. The number of anilines is 2. The van der Waals surface area contributed by atoms with Crippen molar-refractivity contribution in [2.24, 2.45) is 5.92 Å². The van der Waals surface area contributed by atoms with Gasteiger partial charge in [-0.15, -0.1) is 11.3 Å². The van der Waals surface area contributed by atoms with Crippen LogP contribution in [0.4, 0.5) is 15.6 Å². The number of aryl methyl sites for hydroxylation is 1. The molecule has 3 rings (SSSR count). The van der Waals surface area contributed by atoms with Crippen molar-refractivity contribution >= 4 is 34.2 Å². The molecule has 1 fully saturated rings. The fraction of sp³-hybridized carbons (Fsp3) is 0.560. The van der Waals surface area contributed by atoms with E-state index in [4.69, 9.17) is 9.72 Å². The summed E-state index contributed by atoms with van der Waals surface area (Å²) in [7, 11) is 1.81. The van der Waals surface area contributed by atoms with Crippen LogP contribution in [-0.4, -0.2) is 59.1 Å². The van der Waals surface area contributed by atoms with E-state index in [9.17, 15) is 9.59 Å². The number of nitrogens with zero attached hydrogens (tertiary/aromatic N) is 4. The molecule has 7 nitrogen and oxygen atoms in total. The highest BCUT2D eigenvalue weighted by atomic mass is 32.1. The second-order valence-electron chi connectivity index (χ2n) is 9.92. The lowest BCUT2D eigenvalue weighted by atomic mass is 9.97. The summed E-state index contributed by atoms with van der Waals surface area (Å²) in [5.41, 5.74) is 2.46. The van der Waals surface area contributed by atoms with Gasteiger partial charge < -0.3 is 9.64 Å². The number of hydrogen-bond acceptors (Lipinski definition) is 6. The van der Waals surface area contributed by atoms with E-state index in [0.29, 0.717) is 17.6 Å². The molecule has 1 atom stereocenters. The van der Waals surface area contributed by atoms with Crippen molar-refractivity contribution in [2.75, 3.05) is 31.6 Å². The van der Waals surface area contributed by atoms with Gasteiger partial charge >= 0.3 is 6.09 Å². The quantitative estimate of drug-likeness (QED) is 0.577. The van der Waals surface area contributed by atoms with Gasteiger partial charge in [-0.2, -0.15) is 0 Å². The van der Waals surface area contributed by atoms with Gasteiger partial charge in [-0.25, -0.2) is 9.78 Å². The Morgan fingerprint density at radius 1 is 1.24 bits per heavy atom. The Morgan fingerprint density at radius 3 is 2.58 bits per heavy atom. The van der Waals surface area contributed by atoms with Crippen molar-refractivity contribution in [3.05, 3.63) is 40.9 Å². The summed E-state index contributed by atoms with van der Waals surface area (Å²) < 4.78 is 5.48. The van der Waals surface area contributed by atoms with E-state index in [1.165, 1.54) is 11.3 Å². The minimum atomic E-state index is -0.487. The van der Waals surface area contributed by atoms with Crippen molar-refractivity contribution in [1.82, 2.24) is 14.8 Å². The second kappa shape index (κ2) is 10.7. The first-order valence-electron chi connectivity index (χ1n) is 11.5. The number of ether oxygens (including phenoxy) is 1. The molecular formula is C25H36N4O3S. The number of piperidine rings is 1. The first-order chi connectivity index (χ1) is 15.5. The Labute approximate surface area is 201 Å². The summed E-state index contributed by atoms with van der Waals surface area (Å²) >= 11 is 1.49. The Hall–Kier alpha value is -2.45. The van der Waals surface area contributed by atoms with Crippen molar-refractivity contribution < 1.29 is 14.3 Å². The van der Waals surface area contributed by atoms with Gasteiger partial charge in [0.25, 0.3) is 0 Å². The molecule has 0 aliphatic carbocycles. The zero-order valence-corrected chi connectivity index (χ0v) is 21.4. The maximum absolute atomic E-state index is 12.4. The van der Waals surface area contributed by atoms with Crippen LogP contribution in [0.25, 0.3) is 0 Å². The van der Waals surface area contributed by atoms with Crippen molar-refractivity contribution in [3.63, 3.8) is 0 Å². The van der Waals surface area contributed by atoms with Crippen LogP contribution in [0, 0.1) is 12.8 Å². The summed E-state index contributed by atoms with van der Waals surface area (Å²) in [5, 5.41) is 2.73. The number of hydrogen-bond donors (Lipinski definition) is 0. The van der Waals surface area contributed by atoms with Crippen LogP contribution in [0.1, 0.15) is 51.8 Å². The number of benzene rings is 1. The molecule has 1 aromatic heterocycles. The van der Waals surface area contributed by atoms with E-state index in [2.05, 4.69) is 4.90 Å². The molecule has 1 aliphatic heterocycles. The summed E-state index contributed by atoms with van der Waals surface area (Å²) in [6, 6.07) is 7.91. The molecule has 0 radical (unpaired) electrons. The minimum absolute atomic E-state index is 0.0528. The monoisotopic (exact) mass is 472 g/mol. The minimum Gasteiger partial charge on any atom is -0.444 e. The lowest BCUT2D eigenvalue weighted by Gasteiger charge is -2.34. The zero-order chi connectivity index (χ0) is 24.2. The lowest BCUT2D eigenvalue weighted by molar-refractivity contribution is -0.115. The second-order valence-corrected chi connectivity index (χ2v) is 10.8. The van der Waals surface area contributed by atoms with Gasteiger partial charge in [0, 0.05) is 39.0 Å². The van der Waals surface area contributed by atoms with Crippen LogP contribution in [0.3, 0.4) is 0 Å². The maximum atomic E-state index is 12.4. The van der Waals surface area contributed by atoms with E-state index in [1.54, 1.807) is 23.8 Å². The molecule has 0 saturated carbocycles. The molecule has 1 aromatic carbocycles. The van der Waals surface area contributed by atoms with Crippen LogP contribution in [0.2, 0.25) is 0 Å². The molecule has 180 valence electrons. The molecule has 8 heteroatoms. The summed E-state index contributed by atoms with van der Waals surface area (Å²) in [6.45, 7) is 12.6. The van der Waals surface area contributed by atoms with Crippen LogP contribution < -0.4 is 4.90 Å². The molecule has 1 unspecified atom stereocenters. The first-order valence-corrected chi connectivity index (χ1v) is 12.4. The maximum Gasteiger partial charge on any atom is 0.410 e. The van der Waals surface area contributed by atoms with Gasteiger partial charge in [0.15, 0.2) is 5.13 Å². The van der Waals surface area contributed by atoms with E-state index in [0.717, 1.165) is 49.4 Å². The predicted molar refractivity (Wildman–Crippen MR) is 133 cm³/mol. The van der Waals surface area contributed by atoms with Crippen molar-refractivity contribution in [3.8, 4) is 0 Å². The summed E-state index contributed by atoms with van der Waals surface area (Å²) in [5.74, 6) is 0.346. The van der Waals surface area contributed by atoms with Gasteiger partial charge in [0.05, 0.1) is 11.4 Å². The Kier molecular flexibility index (Phi) is 8.13. The highest BCUT2D eigenvalue weighted by Gasteiger charge is 2.26. The number of carbonyl (C=O) groups excluding carboxylic acids is 2. The van der Waals surface area contributed by atoms with Gasteiger partial charge in [-0.05, 0) is 65.1 Å². The smallest absolute Gasteiger partial charge is 0.410 e. The molecule has 0 N–H and O–H groups in total. The molecular weight excluding hydrogens is 436 g/mol. The molecule has 2 amide bonds. The number of carbonyl (C=O) groups is 2. The van der Waals surface area contributed by atoms with Gasteiger partial charge in [0.2, 0.25) is 5.91 Å². The molecule has 0 bridgehead atoms. The number of thiazole rings is 1. The van der Waals surface area contributed by atoms with Crippen LogP contribution in [0.5, 0.6) is 0 Å². The fourth-order valence-corrected chi connectivity index (χ4v) is 4.95. The third-order valence-corrected chi connectivity index (χ3v) is 6.44. The zero-order valence-electron chi connectivity index (χ0n) is 20.6. The molecule has 2 aromatic rings. The van der Waals surface area contributed by atoms with Crippen LogP contribution in [-0.2, 0) is 16.1 Å². The highest BCUT2D eigenvalue weighted by Crippen LogP contribution is 2.30. The largest absolute Gasteiger partial charge is 0.444 e. The SMILES string of the molecule is CC(=O)N(c1ccc(C)cc1)c1nc(CN2CCCC(CN(C)C(=O)OC(C)(C)C)C2)cs1. The Bertz CT molecular complexity index is 951. The fourth-order valence-electron chi connectivity index (χ4n) is 4.07. The third kappa shape index (κ3) is 7.27. The average molecular weight is 473 g/mol. The van der Waals surface area contributed by atoms with E-state index < -0.39 is 5.60 Å². The standard InChI is InChI=1S/C25H36N4O3S/c1-18-9-11-22(12-10-18)29(19(2)30)23-26-21(17-33-23)16-28-13-7-8-20(15-28)14-27(6)24(31)32-25(3,4)5/h9-12,17,20H,7-8,13-16H2,1-6H3. The van der Waals surface area contributed by atoms with Crippen molar-refractivity contribution in [2.45, 2.75) is 59.6 Å². The molecule has 1 aliphatic rings. The first kappa shape index (κ1) is 25.2. The normalized spacial score (nSPS) is 17.0. The van der Waals surface area contributed by atoms with Gasteiger partial charge in [0.1, 0.15) is 5.60 Å². The number of amides is 2. The summed E-state index contributed by atoms with van der Waals surface area (Å²) in [6.07, 6.45) is 1.91. The predicted octanol–water partition coefficient (Wildman–Crippen LogP) is 5.22. The lowest BCUT2D eigenvalue weighted by Crippen LogP contribution is -2.42. The van der Waals surface area contributed by atoms with Crippen LogP contribution in [0.15, 0.2) is 29.6 Å². The molecule has 1 saturated heterocycles. The Balaban J connectivity index is 1.60. The Morgan fingerprint density at radius 2 is 1.94 bits per heavy atom. The van der Waals surface area contributed by atoms with Crippen molar-refractivity contribution in [1.29, 1.82) is 0 Å². The van der Waals surface area contributed by atoms with E-state index >= 15 is 0 Å². The number of aromatic nitrogens is 1. The van der Waals surface area contributed by atoms with Gasteiger partial charge in [-0.1, -0.05) is 17.7 Å². The number of rotatable bonds is 6. The van der Waals surface area contributed by atoms with E-state index in [-0.39, 0.29) is 12.0 Å². The summed E-state index contributed by atoms with van der Waals surface area (Å²) in [4.78, 5) is 35.2.